The van der Waals surface area contributed by atoms with Crippen molar-refractivity contribution in [2.45, 2.75) is 6.61 Å². The molecular weight excluding hydrogens is 641 g/mol. The van der Waals surface area contributed by atoms with Gasteiger partial charge in [-0.25, -0.2) is 9.82 Å². The predicted molar refractivity (Wildman–Crippen MR) is 163 cm³/mol. The first-order valence-corrected chi connectivity index (χ1v) is 13.7. The summed E-state index contributed by atoms with van der Waals surface area (Å²) in [7, 11) is 0. The Morgan fingerprint density at radius 3 is 1.80 bits per heavy atom. The topological polar surface area (TPSA) is 96.4 Å². The van der Waals surface area contributed by atoms with Crippen LogP contribution in [0.25, 0.3) is 0 Å². The summed E-state index contributed by atoms with van der Waals surface area (Å²) in [6.07, 6.45) is 1.64. The van der Waals surface area contributed by atoms with Crippen LogP contribution in [-0.4, -0.2) is 21.2 Å². The highest BCUT2D eigenvalue weighted by molar-refractivity contribution is 9.11. The van der Waals surface area contributed by atoms with Crippen LogP contribution in [0.5, 0.6) is 5.75 Å². The quantitative estimate of drug-likeness (QED) is 0.103. The Labute approximate surface area is 247 Å². The molecule has 0 aliphatic carbocycles. The molecule has 8 nitrogen and oxygen atoms in total. The molecule has 200 valence electrons. The first-order valence-electron chi connectivity index (χ1n) is 12.1. The zero-order valence-corrected chi connectivity index (χ0v) is 24.0. The molecule has 5 rings (SSSR count). The van der Waals surface area contributed by atoms with Gasteiger partial charge >= 0.3 is 0 Å². The Hall–Kier alpha value is -4.35. The SMILES string of the molecule is Fc1ccc(COc2c(Br)cc(/C=N/Nc3nc(Nc4ccccc4)nc(Nc4ccccc4)n3)cc2Br)cc1. The van der Waals surface area contributed by atoms with E-state index in [2.05, 4.69) is 68.0 Å². The smallest absolute Gasteiger partial charge is 0.250 e. The highest BCUT2D eigenvalue weighted by atomic mass is 79.9. The van der Waals surface area contributed by atoms with Gasteiger partial charge in [-0.1, -0.05) is 48.5 Å². The number of ether oxygens (including phenoxy) is 1. The second kappa shape index (κ2) is 13.1. The third-order valence-corrected chi connectivity index (χ3v) is 6.57. The lowest BCUT2D eigenvalue weighted by Gasteiger charge is -2.11. The van der Waals surface area contributed by atoms with E-state index in [1.807, 2.05) is 72.8 Å². The van der Waals surface area contributed by atoms with Crippen LogP contribution in [0, 0.1) is 5.82 Å². The van der Waals surface area contributed by atoms with Gasteiger partial charge in [-0.15, -0.1) is 0 Å². The van der Waals surface area contributed by atoms with Crippen molar-refractivity contribution in [1.29, 1.82) is 0 Å². The minimum Gasteiger partial charge on any atom is -0.487 e. The molecular formula is C29H22Br2FN7O. The van der Waals surface area contributed by atoms with E-state index in [0.717, 1.165) is 31.4 Å². The first-order chi connectivity index (χ1) is 19.5. The number of hydrogen-bond acceptors (Lipinski definition) is 8. The molecule has 40 heavy (non-hydrogen) atoms. The van der Waals surface area contributed by atoms with E-state index in [1.165, 1.54) is 12.1 Å². The van der Waals surface area contributed by atoms with Crippen molar-refractivity contribution in [3.8, 4) is 5.75 Å². The first kappa shape index (κ1) is 27.2. The Morgan fingerprint density at radius 2 is 1.25 bits per heavy atom. The molecule has 0 aliphatic heterocycles. The van der Waals surface area contributed by atoms with Crippen LogP contribution >= 0.6 is 31.9 Å². The monoisotopic (exact) mass is 661 g/mol. The van der Waals surface area contributed by atoms with Crippen molar-refractivity contribution in [3.05, 3.63) is 123 Å². The molecule has 0 amide bonds. The van der Waals surface area contributed by atoms with Gasteiger partial charge in [-0.2, -0.15) is 20.1 Å². The standard InChI is InChI=1S/C29H22Br2FN7O/c30-24-15-20(16-25(31)26(24)40-18-19-11-13-21(32)14-12-19)17-33-39-29-37-27(34-22-7-3-1-4-8-22)36-28(38-29)35-23-9-5-2-6-10-23/h1-17H,18H2,(H3,34,35,36,37,38,39)/b33-17+. The number of aromatic nitrogens is 3. The molecule has 0 bridgehead atoms. The third-order valence-electron chi connectivity index (χ3n) is 5.39. The zero-order chi connectivity index (χ0) is 27.7. The molecule has 0 saturated carbocycles. The Bertz CT molecular complexity index is 1520. The fourth-order valence-electron chi connectivity index (χ4n) is 3.53. The molecule has 0 atom stereocenters. The molecule has 0 saturated heterocycles. The summed E-state index contributed by atoms with van der Waals surface area (Å²) in [4.78, 5) is 13.4. The fraction of sp³-hybridized carbons (Fsp3) is 0.0345. The van der Waals surface area contributed by atoms with E-state index in [9.17, 15) is 4.39 Å². The maximum Gasteiger partial charge on any atom is 0.250 e. The van der Waals surface area contributed by atoms with Crippen LogP contribution in [0.1, 0.15) is 11.1 Å². The fourth-order valence-corrected chi connectivity index (χ4v) is 4.98. The van der Waals surface area contributed by atoms with Crippen molar-refractivity contribution in [1.82, 2.24) is 15.0 Å². The maximum atomic E-state index is 13.2. The van der Waals surface area contributed by atoms with Crippen molar-refractivity contribution in [3.63, 3.8) is 0 Å². The second-order valence-corrected chi connectivity index (χ2v) is 10.1. The molecule has 1 heterocycles. The molecule has 1 aromatic heterocycles. The minimum atomic E-state index is -0.284. The number of halogens is 3. The zero-order valence-electron chi connectivity index (χ0n) is 20.9. The largest absolute Gasteiger partial charge is 0.487 e. The number of para-hydroxylation sites is 2. The lowest BCUT2D eigenvalue weighted by molar-refractivity contribution is 0.302. The van der Waals surface area contributed by atoms with Crippen molar-refractivity contribution < 1.29 is 9.13 Å². The number of hydrazone groups is 1. The molecule has 0 spiro atoms. The average Bonchev–Trinajstić information content (AvgIpc) is 2.95. The van der Waals surface area contributed by atoms with Gasteiger partial charge in [-0.3, -0.25) is 0 Å². The normalized spacial score (nSPS) is 10.9. The number of hydrogen-bond donors (Lipinski definition) is 3. The maximum absolute atomic E-state index is 13.2. The summed E-state index contributed by atoms with van der Waals surface area (Å²) in [5.41, 5.74) is 6.21. The number of anilines is 5. The highest BCUT2D eigenvalue weighted by Crippen LogP contribution is 2.35. The van der Waals surface area contributed by atoms with Crippen LogP contribution in [0.3, 0.4) is 0 Å². The molecule has 5 aromatic rings. The molecule has 0 unspecified atom stereocenters. The van der Waals surface area contributed by atoms with Gasteiger partial charge in [0.15, 0.2) is 0 Å². The summed E-state index contributed by atoms with van der Waals surface area (Å²) < 4.78 is 20.5. The second-order valence-electron chi connectivity index (χ2n) is 8.39. The Balaban J connectivity index is 1.30. The summed E-state index contributed by atoms with van der Waals surface area (Å²) >= 11 is 7.11. The van der Waals surface area contributed by atoms with Gasteiger partial charge in [0.25, 0.3) is 0 Å². The molecule has 0 aliphatic rings. The van der Waals surface area contributed by atoms with Gasteiger partial charge in [0.2, 0.25) is 17.8 Å². The number of nitrogens with one attached hydrogen (secondary N) is 3. The summed E-state index contributed by atoms with van der Waals surface area (Å²) in [5.74, 6) is 1.30. The van der Waals surface area contributed by atoms with Crippen molar-refractivity contribution in [2.75, 3.05) is 16.1 Å². The van der Waals surface area contributed by atoms with E-state index < -0.39 is 0 Å². The van der Waals surface area contributed by atoms with Gasteiger partial charge in [0.1, 0.15) is 18.2 Å². The minimum absolute atomic E-state index is 0.250. The molecule has 0 radical (unpaired) electrons. The predicted octanol–water partition coefficient (Wildman–Crippen LogP) is 8.05. The number of nitrogens with zero attached hydrogens (tertiary/aromatic N) is 4. The Morgan fingerprint density at radius 1 is 0.725 bits per heavy atom. The van der Waals surface area contributed by atoms with Crippen LogP contribution in [0.15, 0.2) is 111 Å². The van der Waals surface area contributed by atoms with Crippen molar-refractivity contribution >= 4 is 67.3 Å². The summed E-state index contributed by atoms with van der Waals surface area (Å²) in [5, 5.41) is 10.7. The summed E-state index contributed by atoms with van der Waals surface area (Å²) in [6.45, 7) is 0.296. The number of benzene rings is 4. The molecule has 11 heteroatoms. The van der Waals surface area contributed by atoms with Crippen LogP contribution in [0.4, 0.5) is 33.6 Å². The molecule has 0 fully saturated rings. The lowest BCUT2D eigenvalue weighted by atomic mass is 10.2. The van der Waals surface area contributed by atoms with Gasteiger partial charge < -0.3 is 15.4 Å². The molecule has 3 N–H and O–H groups in total. The van der Waals surface area contributed by atoms with E-state index >= 15 is 0 Å². The average molecular weight is 663 g/mol. The van der Waals surface area contributed by atoms with E-state index in [1.54, 1.807) is 18.3 Å². The van der Waals surface area contributed by atoms with E-state index in [0.29, 0.717) is 24.3 Å². The number of rotatable bonds is 10. The Kier molecular flexibility index (Phi) is 8.94. The third kappa shape index (κ3) is 7.61. The van der Waals surface area contributed by atoms with Crippen LogP contribution < -0.4 is 20.8 Å². The van der Waals surface area contributed by atoms with Gasteiger partial charge in [0, 0.05) is 11.4 Å². The van der Waals surface area contributed by atoms with Gasteiger partial charge in [-0.05, 0) is 91.5 Å². The van der Waals surface area contributed by atoms with Crippen molar-refractivity contribution in [2.24, 2.45) is 5.10 Å². The van der Waals surface area contributed by atoms with Crippen LogP contribution in [0.2, 0.25) is 0 Å². The lowest BCUT2D eigenvalue weighted by Crippen LogP contribution is -2.07. The van der Waals surface area contributed by atoms with Gasteiger partial charge in [0.05, 0.1) is 15.2 Å². The summed E-state index contributed by atoms with van der Waals surface area (Å²) in [6, 6.07) is 29.2. The van der Waals surface area contributed by atoms with Crippen LogP contribution in [-0.2, 0) is 6.61 Å². The molecule has 4 aromatic carbocycles. The van der Waals surface area contributed by atoms with E-state index in [4.69, 9.17) is 4.74 Å². The highest BCUT2D eigenvalue weighted by Gasteiger charge is 2.10. The van der Waals surface area contributed by atoms with E-state index in [-0.39, 0.29) is 11.8 Å².